The van der Waals surface area contributed by atoms with Crippen molar-refractivity contribution in [1.82, 2.24) is 5.32 Å². The van der Waals surface area contributed by atoms with Crippen molar-refractivity contribution in [3.8, 4) is 0 Å². The highest BCUT2D eigenvalue weighted by molar-refractivity contribution is 6.01. The molecule has 0 atom stereocenters. The minimum absolute atomic E-state index is 0.0888. The van der Waals surface area contributed by atoms with Crippen LogP contribution in [-0.2, 0) is 6.42 Å². The van der Waals surface area contributed by atoms with Crippen LogP contribution in [0.25, 0.3) is 0 Å². The molecule has 0 saturated heterocycles. The number of carbonyl (C=O) groups excluding carboxylic acids is 3. The van der Waals surface area contributed by atoms with E-state index in [1.807, 2.05) is 30.3 Å². The van der Waals surface area contributed by atoms with Crippen LogP contribution in [-0.4, -0.2) is 24.4 Å². The molecule has 124 valence electrons. The number of primary amides is 2. The molecular weight excluding hydrogens is 308 g/mol. The number of urea groups is 1. The number of anilines is 1. The molecule has 0 saturated carbocycles. The van der Waals surface area contributed by atoms with E-state index in [0.717, 1.165) is 5.56 Å². The van der Waals surface area contributed by atoms with Crippen molar-refractivity contribution in [3.05, 3.63) is 65.2 Å². The molecule has 0 aliphatic carbocycles. The Morgan fingerprint density at radius 2 is 1.46 bits per heavy atom. The van der Waals surface area contributed by atoms with Gasteiger partial charge in [-0.3, -0.25) is 9.59 Å². The van der Waals surface area contributed by atoms with Crippen LogP contribution in [0.2, 0.25) is 0 Å². The van der Waals surface area contributed by atoms with Crippen molar-refractivity contribution in [2.75, 3.05) is 11.9 Å². The third-order valence-electron chi connectivity index (χ3n) is 3.30. The molecule has 7 heteroatoms. The van der Waals surface area contributed by atoms with Gasteiger partial charge in [0, 0.05) is 23.4 Å². The Balaban J connectivity index is 1.97. The molecule has 0 bridgehead atoms. The molecule has 2 aromatic carbocycles. The summed E-state index contributed by atoms with van der Waals surface area (Å²) in [6.07, 6.45) is 0.683. The van der Waals surface area contributed by atoms with Crippen LogP contribution in [0.5, 0.6) is 0 Å². The Labute approximate surface area is 139 Å². The number of rotatable bonds is 6. The van der Waals surface area contributed by atoms with Gasteiger partial charge < -0.3 is 22.1 Å². The number of hydrogen-bond donors (Lipinski definition) is 4. The van der Waals surface area contributed by atoms with E-state index < -0.39 is 17.8 Å². The molecule has 0 unspecified atom stereocenters. The molecule has 0 spiro atoms. The first-order valence-electron chi connectivity index (χ1n) is 7.29. The quantitative estimate of drug-likeness (QED) is 0.638. The molecule has 0 heterocycles. The van der Waals surface area contributed by atoms with Gasteiger partial charge in [-0.15, -0.1) is 0 Å². The zero-order valence-corrected chi connectivity index (χ0v) is 12.9. The standard InChI is InChI=1S/C17H18N4O3/c18-15(22)12-8-13(16(19)23)10-14(9-12)21-17(24)20-7-6-11-4-2-1-3-5-11/h1-5,8-10H,6-7H2,(H2,18,22)(H2,19,23)(H2,20,21,24). The maximum atomic E-state index is 11.9. The van der Waals surface area contributed by atoms with Crippen LogP contribution in [0.15, 0.2) is 48.5 Å². The van der Waals surface area contributed by atoms with Crippen LogP contribution in [0.1, 0.15) is 26.3 Å². The largest absolute Gasteiger partial charge is 0.366 e. The van der Waals surface area contributed by atoms with E-state index in [1.165, 1.54) is 18.2 Å². The number of carbonyl (C=O) groups is 3. The summed E-state index contributed by atoms with van der Waals surface area (Å²) in [5.74, 6) is -1.43. The molecule has 7 nitrogen and oxygen atoms in total. The summed E-state index contributed by atoms with van der Waals surface area (Å²) in [5, 5.41) is 5.25. The van der Waals surface area contributed by atoms with Gasteiger partial charge in [-0.2, -0.15) is 0 Å². The Bertz CT molecular complexity index is 727. The number of amides is 4. The van der Waals surface area contributed by atoms with Crippen molar-refractivity contribution in [2.45, 2.75) is 6.42 Å². The lowest BCUT2D eigenvalue weighted by Gasteiger charge is -2.10. The molecule has 24 heavy (non-hydrogen) atoms. The second-order valence-corrected chi connectivity index (χ2v) is 5.14. The van der Waals surface area contributed by atoms with Gasteiger partial charge in [0.25, 0.3) is 0 Å². The fraction of sp³-hybridized carbons (Fsp3) is 0.118. The van der Waals surface area contributed by atoms with Gasteiger partial charge in [0.1, 0.15) is 0 Å². The predicted molar refractivity (Wildman–Crippen MR) is 90.6 cm³/mol. The summed E-state index contributed by atoms with van der Waals surface area (Å²) in [6, 6.07) is 13.3. The van der Waals surface area contributed by atoms with Crippen LogP contribution in [0.4, 0.5) is 10.5 Å². The van der Waals surface area contributed by atoms with Gasteiger partial charge >= 0.3 is 6.03 Å². The highest BCUT2D eigenvalue weighted by Gasteiger charge is 2.10. The maximum absolute atomic E-state index is 11.9. The van der Waals surface area contributed by atoms with Crippen molar-refractivity contribution in [2.24, 2.45) is 11.5 Å². The van der Waals surface area contributed by atoms with Crippen LogP contribution >= 0.6 is 0 Å². The fourth-order valence-electron chi connectivity index (χ4n) is 2.12. The van der Waals surface area contributed by atoms with Crippen molar-refractivity contribution >= 4 is 23.5 Å². The molecule has 4 amide bonds. The first kappa shape index (κ1) is 17.0. The molecule has 0 aliphatic heterocycles. The third-order valence-corrected chi connectivity index (χ3v) is 3.30. The van der Waals surface area contributed by atoms with Crippen LogP contribution in [0, 0.1) is 0 Å². The molecule has 2 rings (SSSR count). The minimum Gasteiger partial charge on any atom is -0.366 e. The average molecular weight is 326 g/mol. The van der Waals surface area contributed by atoms with Crippen molar-refractivity contribution < 1.29 is 14.4 Å². The van der Waals surface area contributed by atoms with Gasteiger partial charge in [-0.25, -0.2) is 4.79 Å². The van der Waals surface area contributed by atoms with E-state index in [4.69, 9.17) is 11.5 Å². The molecular formula is C17H18N4O3. The molecule has 0 radical (unpaired) electrons. The first-order chi connectivity index (χ1) is 11.5. The summed E-state index contributed by atoms with van der Waals surface area (Å²) >= 11 is 0. The SMILES string of the molecule is NC(=O)c1cc(NC(=O)NCCc2ccccc2)cc(C(N)=O)c1. The average Bonchev–Trinajstić information content (AvgIpc) is 2.55. The Hall–Kier alpha value is -3.35. The van der Waals surface area contributed by atoms with Gasteiger partial charge in [0.05, 0.1) is 0 Å². The lowest BCUT2D eigenvalue weighted by molar-refractivity contribution is 0.0999. The van der Waals surface area contributed by atoms with E-state index in [-0.39, 0.29) is 16.8 Å². The van der Waals surface area contributed by atoms with Gasteiger partial charge in [-0.05, 0) is 30.2 Å². The van der Waals surface area contributed by atoms with E-state index in [2.05, 4.69) is 10.6 Å². The summed E-state index contributed by atoms with van der Waals surface area (Å²) < 4.78 is 0. The highest BCUT2D eigenvalue weighted by atomic mass is 16.2. The molecule has 6 N–H and O–H groups in total. The Morgan fingerprint density at radius 1 is 0.875 bits per heavy atom. The lowest BCUT2D eigenvalue weighted by atomic mass is 10.1. The number of nitrogens with two attached hydrogens (primary N) is 2. The second kappa shape index (κ2) is 7.77. The number of benzene rings is 2. The number of nitrogens with one attached hydrogen (secondary N) is 2. The zero-order valence-electron chi connectivity index (χ0n) is 12.9. The summed E-state index contributed by atoms with van der Waals surface area (Å²) in [7, 11) is 0. The summed E-state index contributed by atoms with van der Waals surface area (Å²) in [6.45, 7) is 0.439. The van der Waals surface area contributed by atoms with Gasteiger partial charge in [0.2, 0.25) is 11.8 Å². The Kier molecular flexibility index (Phi) is 5.51. The predicted octanol–water partition coefficient (Wildman–Crippen LogP) is 1.25. The van der Waals surface area contributed by atoms with E-state index in [9.17, 15) is 14.4 Å². The summed E-state index contributed by atoms with van der Waals surface area (Å²) in [5.41, 5.74) is 12.0. The molecule has 0 aromatic heterocycles. The Morgan fingerprint density at radius 3 is 2.00 bits per heavy atom. The van der Waals surface area contributed by atoms with E-state index >= 15 is 0 Å². The van der Waals surface area contributed by atoms with Crippen molar-refractivity contribution in [1.29, 1.82) is 0 Å². The first-order valence-corrected chi connectivity index (χ1v) is 7.29. The smallest absolute Gasteiger partial charge is 0.319 e. The molecule has 2 aromatic rings. The third kappa shape index (κ3) is 4.84. The summed E-state index contributed by atoms with van der Waals surface area (Å²) in [4.78, 5) is 34.5. The highest BCUT2D eigenvalue weighted by Crippen LogP contribution is 2.14. The molecule has 0 aliphatic rings. The lowest BCUT2D eigenvalue weighted by Crippen LogP contribution is -2.30. The molecule has 0 fully saturated rings. The van der Waals surface area contributed by atoms with Crippen LogP contribution < -0.4 is 22.1 Å². The second-order valence-electron chi connectivity index (χ2n) is 5.14. The number of hydrogen-bond acceptors (Lipinski definition) is 3. The van der Waals surface area contributed by atoms with Crippen LogP contribution in [0.3, 0.4) is 0 Å². The zero-order chi connectivity index (χ0) is 17.5. The van der Waals surface area contributed by atoms with E-state index in [0.29, 0.717) is 13.0 Å². The van der Waals surface area contributed by atoms with Crippen molar-refractivity contribution in [3.63, 3.8) is 0 Å². The minimum atomic E-state index is -0.717. The van der Waals surface area contributed by atoms with Gasteiger partial charge in [-0.1, -0.05) is 30.3 Å². The maximum Gasteiger partial charge on any atom is 0.319 e. The monoisotopic (exact) mass is 326 g/mol. The fourth-order valence-corrected chi connectivity index (χ4v) is 2.12. The topological polar surface area (TPSA) is 127 Å². The normalized spacial score (nSPS) is 10.0. The van der Waals surface area contributed by atoms with E-state index in [1.54, 1.807) is 0 Å². The van der Waals surface area contributed by atoms with Gasteiger partial charge in [0.15, 0.2) is 0 Å².